The zero-order valence-corrected chi connectivity index (χ0v) is 10.9. The summed E-state index contributed by atoms with van der Waals surface area (Å²) in [5.41, 5.74) is 1.10. The number of benzene rings is 1. The molecule has 15 heavy (non-hydrogen) atoms. The predicted octanol–water partition coefficient (Wildman–Crippen LogP) is 4.50. The van der Waals surface area contributed by atoms with Crippen LogP contribution in [0.25, 0.3) is 10.9 Å². The standard InChI is InChI=1S/C12H12BrNS/c1-2-8-15-11-6-5-10(13)9-4-3-7-14-12(9)11/h3-7H,2,8H2,1H3. The normalized spacial score (nSPS) is 10.8. The van der Waals surface area contributed by atoms with E-state index in [1.165, 1.54) is 16.7 Å². The maximum Gasteiger partial charge on any atom is 0.0848 e. The summed E-state index contributed by atoms with van der Waals surface area (Å²) in [7, 11) is 0. The molecule has 0 aliphatic heterocycles. The molecule has 0 saturated heterocycles. The van der Waals surface area contributed by atoms with Gasteiger partial charge in [0, 0.05) is 21.0 Å². The van der Waals surface area contributed by atoms with E-state index in [9.17, 15) is 0 Å². The van der Waals surface area contributed by atoms with Crippen molar-refractivity contribution in [3.63, 3.8) is 0 Å². The fourth-order valence-electron chi connectivity index (χ4n) is 1.44. The molecule has 1 aromatic carbocycles. The van der Waals surface area contributed by atoms with Crippen LogP contribution in [0.4, 0.5) is 0 Å². The fraction of sp³-hybridized carbons (Fsp3) is 0.250. The number of pyridine rings is 1. The summed E-state index contributed by atoms with van der Waals surface area (Å²) in [6.07, 6.45) is 3.04. The second-order valence-electron chi connectivity index (χ2n) is 3.29. The molecule has 2 aromatic rings. The van der Waals surface area contributed by atoms with Crippen LogP contribution >= 0.6 is 27.7 Å². The van der Waals surface area contributed by atoms with Crippen molar-refractivity contribution in [1.29, 1.82) is 0 Å². The third kappa shape index (κ3) is 2.34. The van der Waals surface area contributed by atoms with Crippen molar-refractivity contribution >= 4 is 38.6 Å². The molecule has 2 rings (SSSR count). The van der Waals surface area contributed by atoms with Crippen molar-refractivity contribution in [2.24, 2.45) is 0 Å². The Morgan fingerprint density at radius 3 is 3.00 bits per heavy atom. The molecule has 0 amide bonds. The van der Waals surface area contributed by atoms with Crippen molar-refractivity contribution in [3.05, 3.63) is 34.9 Å². The molecule has 1 heterocycles. The highest BCUT2D eigenvalue weighted by molar-refractivity contribution is 9.10. The molecule has 0 radical (unpaired) electrons. The first kappa shape index (κ1) is 11.0. The maximum absolute atomic E-state index is 4.44. The van der Waals surface area contributed by atoms with Crippen LogP contribution in [0.15, 0.2) is 39.8 Å². The van der Waals surface area contributed by atoms with Gasteiger partial charge in [0.15, 0.2) is 0 Å². The predicted molar refractivity (Wildman–Crippen MR) is 70.5 cm³/mol. The maximum atomic E-state index is 4.44. The van der Waals surface area contributed by atoms with Gasteiger partial charge in [-0.3, -0.25) is 4.98 Å². The number of aromatic nitrogens is 1. The van der Waals surface area contributed by atoms with E-state index in [0.29, 0.717) is 0 Å². The van der Waals surface area contributed by atoms with E-state index in [4.69, 9.17) is 0 Å². The van der Waals surface area contributed by atoms with Crippen LogP contribution < -0.4 is 0 Å². The number of nitrogens with zero attached hydrogens (tertiary/aromatic N) is 1. The lowest BCUT2D eigenvalue weighted by Crippen LogP contribution is -1.84. The lowest BCUT2D eigenvalue weighted by atomic mass is 10.2. The van der Waals surface area contributed by atoms with Gasteiger partial charge in [0.25, 0.3) is 0 Å². The third-order valence-corrected chi connectivity index (χ3v) is 4.09. The van der Waals surface area contributed by atoms with Crippen LogP contribution in [-0.2, 0) is 0 Å². The molecule has 1 nitrogen and oxygen atoms in total. The molecule has 1 aromatic heterocycles. The molecule has 0 bridgehead atoms. The molecule has 78 valence electrons. The highest BCUT2D eigenvalue weighted by Crippen LogP contribution is 2.31. The van der Waals surface area contributed by atoms with Gasteiger partial charge in [-0.05, 0) is 30.4 Å². The SMILES string of the molecule is CCCSc1ccc(Br)c2cccnc12. The Morgan fingerprint density at radius 2 is 2.20 bits per heavy atom. The molecular weight excluding hydrogens is 270 g/mol. The largest absolute Gasteiger partial charge is 0.255 e. The zero-order chi connectivity index (χ0) is 10.7. The van der Waals surface area contributed by atoms with Crippen LogP contribution in [0.1, 0.15) is 13.3 Å². The molecule has 3 heteroatoms. The molecule has 0 unspecified atom stereocenters. The summed E-state index contributed by atoms with van der Waals surface area (Å²) in [6, 6.07) is 8.31. The molecule has 0 saturated carbocycles. The lowest BCUT2D eigenvalue weighted by molar-refractivity contribution is 1.10. The Balaban J connectivity index is 2.51. The average Bonchev–Trinajstić information content (AvgIpc) is 2.29. The Kier molecular flexibility index (Phi) is 3.65. The molecule has 0 aliphatic carbocycles. The highest BCUT2D eigenvalue weighted by Gasteiger charge is 2.04. The Labute approximate surface area is 102 Å². The summed E-state index contributed by atoms with van der Waals surface area (Å²) in [6.45, 7) is 2.20. The van der Waals surface area contributed by atoms with Gasteiger partial charge in [0.1, 0.15) is 0 Å². The number of hydrogen-bond acceptors (Lipinski definition) is 2. The Bertz CT molecular complexity index is 470. The van der Waals surface area contributed by atoms with Gasteiger partial charge in [0.2, 0.25) is 0 Å². The van der Waals surface area contributed by atoms with Crippen LogP contribution in [0, 0.1) is 0 Å². The van der Waals surface area contributed by atoms with Gasteiger partial charge in [-0.15, -0.1) is 11.8 Å². The first-order valence-corrected chi connectivity index (χ1v) is 6.77. The van der Waals surface area contributed by atoms with E-state index in [0.717, 1.165) is 15.7 Å². The summed E-state index contributed by atoms with van der Waals surface area (Å²) in [4.78, 5) is 5.72. The van der Waals surface area contributed by atoms with E-state index < -0.39 is 0 Å². The Hall–Kier alpha value is -0.540. The second-order valence-corrected chi connectivity index (χ2v) is 5.28. The summed E-state index contributed by atoms with van der Waals surface area (Å²) in [5.74, 6) is 1.15. The van der Waals surface area contributed by atoms with Gasteiger partial charge >= 0.3 is 0 Å². The van der Waals surface area contributed by atoms with Gasteiger partial charge in [0.05, 0.1) is 5.52 Å². The van der Waals surface area contributed by atoms with Crippen molar-refractivity contribution in [2.45, 2.75) is 18.2 Å². The Morgan fingerprint density at radius 1 is 1.33 bits per heavy atom. The minimum absolute atomic E-state index is 1.10. The molecule has 0 spiro atoms. The van der Waals surface area contributed by atoms with Crippen LogP contribution in [0.5, 0.6) is 0 Å². The topological polar surface area (TPSA) is 12.9 Å². The zero-order valence-electron chi connectivity index (χ0n) is 8.53. The van der Waals surface area contributed by atoms with E-state index in [1.54, 1.807) is 0 Å². The highest BCUT2D eigenvalue weighted by atomic mass is 79.9. The summed E-state index contributed by atoms with van der Waals surface area (Å²) in [5, 5.41) is 1.19. The van der Waals surface area contributed by atoms with Crippen LogP contribution in [0.3, 0.4) is 0 Å². The van der Waals surface area contributed by atoms with Gasteiger partial charge < -0.3 is 0 Å². The van der Waals surface area contributed by atoms with Crippen molar-refractivity contribution in [2.75, 3.05) is 5.75 Å². The number of hydrogen-bond donors (Lipinski definition) is 0. The second kappa shape index (κ2) is 4.99. The van der Waals surface area contributed by atoms with Gasteiger partial charge in [-0.25, -0.2) is 0 Å². The molecular formula is C12H12BrNS. The number of halogens is 1. The monoisotopic (exact) mass is 281 g/mol. The minimum atomic E-state index is 1.10. The average molecular weight is 282 g/mol. The van der Waals surface area contributed by atoms with E-state index in [2.05, 4.69) is 46.0 Å². The molecule has 0 aliphatic rings. The number of thioether (sulfide) groups is 1. The van der Waals surface area contributed by atoms with E-state index >= 15 is 0 Å². The molecule has 0 N–H and O–H groups in total. The van der Waals surface area contributed by atoms with Crippen molar-refractivity contribution in [3.8, 4) is 0 Å². The summed E-state index contributed by atoms with van der Waals surface area (Å²) < 4.78 is 1.12. The quantitative estimate of drug-likeness (QED) is 0.769. The molecule has 0 atom stereocenters. The fourth-order valence-corrected chi connectivity index (χ4v) is 2.78. The van der Waals surface area contributed by atoms with Crippen LogP contribution in [-0.4, -0.2) is 10.7 Å². The number of fused-ring (bicyclic) bond motifs is 1. The van der Waals surface area contributed by atoms with Gasteiger partial charge in [-0.1, -0.05) is 28.9 Å². The van der Waals surface area contributed by atoms with Crippen molar-refractivity contribution in [1.82, 2.24) is 4.98 Å². The van der Waals surface area contributed by atoms with E-state index in [-0.39, 0.29) is 0 Å². The lowest BCUT2D eigenvalue weighted by Gasteiger charge is -2.05. The van der Waals surface area contributed by atoms with E-state index in [1.807, 2.05) is 24.0 Å². The first-order valence-electron chi connectivity index (χ1n) is 4.99. The third-order valence-electron chi connectivity index (χ3n) is 2.14. The smallest absolute Gasteiger partial charge is 0.0848 e. The van der Waals surface area contributed by atoms with Crippen LogP contribution in [0.2, 0.25) is 0 Å². The molecule has 0 fully saturated rings. The minimum Gasteiger partial charge on any atom is -0.255 e. The first-order chi connectivity index (χ1) is 7.33. The number of rotatable bonds is 3. The summed E-state index contributed by atoms with van der Waals surface area (Å²) >= 11 is 5.43. The van der Waals surface area contributed by atoms with Crippen molar-refractivity contribution < 1.29 is 0 Å². The van der Waals surface area contributed by atoms with Gasteiger partial charge in [-0.2, -0.15) is 0 Å².